The van der Waals surface area contributed by atoms with Crippen molar-refractivity contribution in [3.05, 3.63) is 63.6 Å². The minimum Gasteiger partial charge on any atom is -0.497 e. The van der Waals surface area contributed by atoms with Gasteiger partial charge in [0.15, 0.2) is 11.7 Å². The number of oxazole rings is 1. The van der Waals surface area contributed by atoms with Crippen LogP contribution in [-0.4, -0.2) is 29.5 Å². The number of esters is 1. The molecule has 0 saturated heterocycles. The number of nitrogens with zero attached hydrogens (tertiary/aromatic N) is 1. The van der Waals surface area contributed by atoms with Crippen LogP contribution in [0.5, 0.6) is 5.75 Å². The zero-order chi connectivity index (χ0) is 20.3. The van der Waals surface area contributed by atoms with E-state index in [4.69, 9.17) is 25.5 Å². The maximum absolute atomic E-state index is 12.4. The van der Waals surface area contributed by atoms with Crippen molar-refractivity contribution < 1.29 is 23.5 Å². The monoisotopic (exact) mass is 403 g/mol. The van der Waals surface area contributed by atoms with Crippen molar-refractivity contribution in [2.75, 3.05) is 7.11 Å². The third kappa shape index (κ3) is 4.26. The standard InChI is InChI=1S/C20H18ClNO6/c1-12(19(24)13-3-6-15(26-2)7-4-13)27-18(23)9-10-22-16-8-5-14(21)11-17(16)28-20(22)25/h3-8,11-12H,9-10H2,1-2H3/t12-/m1/s1. The Hall–Kier alpha value is -3.06. The predicted molar refractivity (Wildman–Crippen MR) is 103 cm³/mol. The average molecular weight is 404 g/mol. The highest BCUT2D eigenvalue weighted by Gasteiger charge is 2.20. The van der Waals surface area contributed by atoms with Gasteiger partial charge in [0, 0.05) is 23.2 Å². The van der Waals surface area contributed by atoms with Crippen molar-refractivity contribution in [2.24, 2.45) is 0 Å². The SMILES string of the molecule is COc1ccc(C(=O)[C@@H](C)OC(=O)CCn2c(=O)oc3cc(Cl)ccc32)cc1. The number of rotatable bonds is 7. The van der Waals surface area contributed by atoms with Gasteiger partial charge in [0.05, 0.1) is 19.0 Å². The number of methoxy groups -OCH3 is 1. The molecule has 1 aromatic heterocycles. The molecule has 1 heterocycles. The molecule has 0 saturated carbocycles. The third-order valence-corrected chi connectivity index (χ3v) is 4.46. The van der Waals surface area contributed by atoms with Gasteiger partial charge in [0.25, 0.3) is 0 Å². The fourth-order valence-corrected chi connectivity index (χ4v) is 2.92. The molecular formula is C20H18ClNO6. The minimum absolute atomic E-state index is 0.0652. The number of carbonyl (C=O) groups excluding carboxylic acids is 2. The second-order valence-corrected chi connectivity index (χ2v) is 6.54. The summed E-state index contributed by atoms with van der Waals surface area (Å²) in [4.78, 5) is 36.5. The van der Waals surface area contributed by atoms with E-state index in [-0.39, 0.29) is 18.7 Å². The number of halogens is 1. The predicted octanol–water partition coefficient (Wildman–Crippen LogP) is 3.46. The molecule has 0 unspecified atom stereocenters. The number of hydrogen-bond donors (Lipinski definition) is 0. The Labute approximate surface area is 165 Å². The Bertz CT molecular complexity index is 1070. The molecule has 146 valence electrons. The van der Waals surface area contributed by atoms with Crippen LogP contribution in [0.3, 0.4) is 0 Å². The lowest BCUT2D eigenvalue weighted by molar-refractivity contribution is -0.146. The van der Waals surface area contributed by atoms with Crippen LogP contribution in [-0.2, 0) is 16.1 Å². The van der Waals surface area contributed by atoms with Crippen LogP contribution in [0, 0.1) is 0 Å². The Morgan fingerprint density at radius 3 is 2.57 bits per heavy atom. The molecule has 0 N–H and O–H groups in total. The highest BCUT2D eigenvalue weighted by molar-refractivity contribution is 6.31. The van der Waals surface area contributed by atoms with Crippen LogP contribution < -0.4 is 10.5 Å². The molecule has 0 radical (unpaired) electrons. The zero-order valence-electron chi connectivity index (χ0n) is 15.3. The van der Waals surface area contributed by atoms with E-state index in [1.54, 1.807) is 36.4 Å². The van der Waals surface area contributed by atoms with Crippen LogP contribution in [0.4, 0.5) is 0 Å². The van der Waals surface area contributed by atoms with Gasteiger partial charge >= 0.3 is 11.7 Å². The van der Waals surface area contributed by atoms with Gasteiger partial charge in [-0.2, -0.15) is 0 Å². The number of fused-ring (bicyclic) bond motifs is 1. The number of benzene rings is 2. The lowest BCUT2D eigenvalue weighted by Crippen LogP contribution is -2.25. The summed E-state index contributed by atoms with van der Waals surface area (Å²) in [6.45, 7) is 1.57. The van der Waals surface area contributed by atoms with E-state index in [9.17, 15) is 14.4 Å². The van der Waals surface area contributed by atoms with E-state index in [0.29, 0.717) is 27.4 Å². The fraction of sp³-hybridized carbons (Fsp3) is 0.250. The number of ether oxygens (including phenoxy) is 2. The van der Waals surface area contributed by atoms with Crippen molar-refractivity contribution in [3.8, 4) is 5.75 Å². The second-order valence-electron chi connectivity index (χ2n) is 6.11. The number of aryl methyl sites for hydroxylation is 1. The second kappa shape index (κ2) is 8.31. The van der Waals surface area contributed by atoms with Gasteiger partial charge in [-0.3, -0.25) is 14.2 Å². The lowest BCUT2D eigenvalue weighted by atomic mass is 10.1. The molecule has 0 bridgehead atoms. The van der Waals surface area contributed by atoms with Crippen molar-refractivity contribution >= 4 is 34.5 Å². The average Bonchev–Trinajstić information content (AvgIpc) is 2.99. The van der Waals surface area contributed by atoms with Crippen LogP contribution >= 0.6 is 11.6 Å². The first-order valence-electron chi connectivity index (χ1n) is 8.55. The molecule has 1 atom stereocenters. The van der Waals surface area contributed by atoms with Crippen LogP contribution in [0.2, 0.25) is 5.02 Å². The molecule has 0 aliphatic heterocycles. The van der Waals surface area contributed by atoms with E-state index in [2.05, 4.69) is 0 Å². The molecule has 7 nitrogen and oxygen atoms in total. The lowest BCUT2D eigenvalue weighted by Gasteiger charge is -2.12. The highest BCUT2D eigenvalue weighted by atomic mass is 35.5. The summed E-state index contributed by atoms with van der Waals surface area (Å²) in [6.07, 6.45) is -1.03. The molecule has 28 heavy (non-hydrogen) atoms. The summed E-state index contributed by atoms with van der Waals surface area (Å²) in [6, 6.07) is 11.3. The van der Waals surface area contributed by atoms with Gasteiger partial charge in [-0.25, -0.2) is 4.79 Å². The first kappa shape index (κ1) is 19.7. The molecule has 2 aromatic carbocycles. The molecular weight excluding hydrogens is 386 g/mol. The summed E-state index contributed by atoms with van der Waals surface area (Å²) in [7, 11) is 1.53. The van der Waals surface area contributed by atoms with Gasteiger partial charge in [-0.1, -0.05) is 11.6 Å². The van der Waals surface area contributed by atoms with E-state index < -0.39 is 17.8 Å². The smallest absolute Gasteiger partial charge is 0.419 e. The van der Waals surface area contributed by atoms with Crippen molar-refractivity contribution in [1.29, 1.82) is 0 Å². The van der Waals surface area contributed by atoms with Crippen LogP contribution in [0.1, 0.15) is 23.7 Å². The largest absolute Gasteiger partial charge is 0.497 e. The third-order valence-electron chi connectivity index (χ3n) is 4.22. The summed E-state index contributed by atoms with van der Waals surface area (Å²) < 4.78 is 16.7. The molecule has 3 aromatic rings. The fourth-order valence-electron chi connectivity index (χ4n) is 2.75. The summed E-state index contributed by atoms with van der Waals surface area (Å²) in [5, 5.41) is 0.443. The minimum atomic E-state index is -0.947. The molecule has 3 rings (SSSR count). The Morgan fingerprint density at radius 1 is 1.18 bits per heavy atom. The molecule has 0 aliphatic rings. The Morgan fingerprint density at radius 2 is 1.89 bits per heavy atom. The molecule has 0 spiro atoms. The van der Waals surface area contributed by atoms with Crippen LogP contribution in [0.15, 0.2) is 51.7 Å². The van der Waals surface area contributed by atoms with Crippen LogP contribution in [0.25, 0.3) is 11.1 Å². The van der Waals surface area contributed by atoms with Crippen molar-refractivity contribution in [3.63, 3.8) is 0 Å². The summed E-state index contributed by atoms with van der Waals surface area (Å²) in [5.74, 6) is -0.881. The van der Waals surface area contributed by atoms with E-state index in [1.165, 1.54) is 24.7 Å². The Balaban J connectivity index is 1.61. The highest BCUT2D eigenvalue weighted by Crippen LogP contribution is 2.19. The van der Waals surface area contributed by atoms with E-state index >= 15 is 0 Å². The topological polar surface area (TPSA) is 87.7 Å². The van der Waals surface area contributed by atoms with Gasteiger partial charge in [-0.05, 0) is 43.3 Å². The molecule has 0 fully saturated rings. The number of Topliss-reactive ketones (excluding diaryl/α,β-unsaturated/α-hetero) is 1. The number of carbonyl (C=O) groups is 2. The van der Waals surface area contributed by atoms with Crippen molar-refractivity contribution in [2.45, 2.75) is 26.0 Å². The number of aromatic nitrogens is 1. The van der Waals surface area contributed by atoms with Gasteiger partial charge in [0.1, 0.15) is 5.75 Å². The quantitative estimate of drug-likeness (QED) is 0.443. The first-order valence-corrected chi connectivity index (χ1v) is 8.93. The number of hydrogen-bond acceptors (Lipinski definition) is 6. The normalized spacial score (nSPS) is 12.0. The summed E-state index contributed by atoms with van der Waals surface area (Å²) in [5.41, 5.74) is 1.29. The van der Waals surface area contributed by atoms with Crippen molar-refractivity contribution in [1.82, 2.24) is 4.57 Å². The van der Waals surface area contributed by atoms with Gasteiger partial charge < -0.3 is 13.9 Å². The van der Waals surface area contributed by atoms with E-state index in [0.717, 1.165) is 0 Å². The molecule has 0 aliphatic carbocycles. The molecule has 0 amide bonds. The molecule has 8 heteroatoms. The maximum Gasteiger partial charge on any atom is 0.419 e. The first-order chi connectivity index (χ1) is 13.4. The zero-order valence-corrected chi connectivity index (χ0v) is 16.1. The van der Waals surface area contributed by atoms with Gasteiger partial charge in [0.2, 0.25) is 5.78 Å². The summed E-state index contributed by atoms with van der Waals surface area (Å²) >= 11 is 5.88. The van der Waals surface area contributed by atoms with E-state index in [1.807, 2.05) is 0 Å². The Kier molecular flexibility index (Phi) is 5.84. The van der Waals surface area contributed by atoms with Gasteiger partial charge in [-0.15, -0.1) is 0 Å². The maximum atomic E-state index is 12.4. The number of ketones is 1.